The van der Waals surface area contributed by atoms with E-state index in [0.717, 1.165) is 4.88 Å². The Bertz CT molecular complexity index is 644. The van der Waals surface area contributed by atoms with Crippen LogP contribution in [0.1, 0.15) is 11.8 Å². The summed E-state index contributed by atoms with van der Waals surface area (Å²) in [6.45, 7) is 1.61. The Morgan fingerprint density at radius 3 is 2.90 bits per heavy atom. The summed E-state index contributed by atoms with van der Waals surface area (Å²) in [5.41, 5.74) is 2.41. The average Bonchev–Trinajstić information content (AvgIpc) is 2.95. The van der Waals surface area contributed by atoms with E-state index in [-0.39, 0.29) is 5.91 Å². The molecule has 0 aliphatic heterocycles. The van der Waals surface area contributed by atoms with Crippen LogP contribution in [0.2, 0.25) is 10.0 Å². The SMILES string of the molecule is CC(Oc1ccc(Cl)cc1Cl)C(=O)N/N=C/c1cccs1. The third kappa shape index (κ3) is 4.74. The summed E-state index contributed by atoms with van der Waals surface area (Å²) in [7, 11) is 0. The number of hydrogen-bond donors (Lipinski definition) is 1. The Morgan fingerprint density at radius 2 is 2.24 bits per heavy atom. The molecule has 0 aliphatic carbocycles. The van der Waals surface area contributed by atoms with Gasteiger partial charge >= 0.3 is 0 Å². The lowest BCUT2D eigenvalue weighted by Crippen LogP contribution is -2.33. The zero-order valence-corrected chi connectivity index (χ0v) is 13.4. The third-order valence-electron chi connectivity index (χ3n) is 2.48. The smallest absolute Gasteiger partial charge is 0.280 e. The number of hydrazone groups is 1. The minimum absolute atomic E-state index is 0.351. The van der Waals surface area contributed by atoms with E-state index in [9.17, 15) is 4.79 Å². The van der Waals surface area contributed by atoms with E-state index < -0.39 is 6.10 Å². The number of ether oxygens (including phenoxy) is 1. The van der Waals surface area contributed by atoms with Gasteiger partial charge in [-0.3, -0.25) is 4.79 Å². The third-order valence-corrected chi connectivity index (χ3v) is 3.81. The quantitative estimate of drug-likeness (QED) is 0.660. The van der Waals surface area contributed by atoms with E-state index in [0.29, 0.717) is 15.8 Å². The van der Waals surface area contributed by atoms with Crippen LogP contribution in [-0.4, -0.2) is 18.2 Å². The van der Waals surface area contributed by atoms with Crippen LogP contribution in [0, 0.1) is 0 Å². The Balaban J connectivity index is 1.90. The molecule has 110 valence electrons. The molecular weight excluding hydrogens is 331 g/mol. The first-order valence-corrected chi connectivity index (χ1v) is 7.68. The number of carbonyl (C=O) groups excluding carboxylic acids is 1. The van der Waals surface area contributed by atoms with E-state index >= 15 is 0 Å². The molecule has 2 aromatic rings. The zero-order chi connectivity index (χ0) is 15.2. The van der Waals surface area contributed by atoms with Crippen LogP contribution in [0.4, 0.5) is 0 Å². The number of amides is 1. The van der Waals surface area contributed by atoms with E-state index in [1.54, 1.807) is 31.3 Å². The number of halogens is 2. The Morgan fingerprint density at radius 1 is 1.43 bits per heavy atom. The summed E-state index contributed by atoms with van der Waals surface area (Å²) >= 11 is 13.3. The molecule has 2 rings (SSSR count). The first kappa shape index (κ1) is 15.8. The fraction of sp³-hybridized carbons (Fsp3) is 0.143. The molecule has 7 heteroatoms. The molecule has 0 spiro atoms. The van der Waals surface area contributed by atoms with Crippen LogP contribution in [0.15, 0.2) is 40.8 Å². The molecule has 1 heterocycles. The molecule has 1 atom stereocenters. The average molecular weight is 343 g/mol. The van der Waals surface area contributed by atoms with Crippen molar-refractivity contribution >= 4 is 46.7 Å². The van der Waals surface area contributed by atoms with Gasteiger partial charge in [-0.2, -0.15) is 5.10 Å². The Labute approximate surface area is 136 Å². The van der Waals surface area contributed by atoms with Gasteiger partial charge in [0.05, 0.1) is 11.2 Å². The molecule has 4 nitrogen and oxygen atoms in total. The van der Waals surface area contributed by atoms with Crippen molar-refractivity contribution in [2.45, 2.75) is 13.0 Å². The minimum atomic E-state index is -0.732. The maximum Gasteiger partial charge on any atom is 0.280 e. The van der Waals surface area contributed by atoms with Gasteiger partial charge in [-0.05, 0) is 36.6 Å². The van der Waals surface area contributed by atoms with E-state index in [2.05, 4.69) is 10.5 Å². The monoisotopic (exact) mass is 342 g/mol. The second-order valence-corrected chi connectivity index (χ2v) is 5.91. The van der Waals surface area contributed by atoms with Gasteiger partial charge < -0.3 is 4.74 Å². The summed E-state index contributed by atoms with van der Waals surface area (Å²) in [6.07, 6.45) is 0.842. The highest BCUT2D eigenvalue weighted by molar-refractivity contribution is 7.11. The molecule has 1 aromatic heterocycles. The number of rotatable bonds is 5. The van der Waals surface area contributed by atoms with Crippen LogP contribution in [0.3, 0.4) is 0 Å². The number of nitrogens with zero attached hydrogens (tertiary/aromatic N) is 1. The molecule has 0 saturated carbocycles. The zero-order valence-electron chi connectivity index (χ0n) is 11.0. The van der Waals surface area contributed by atoms with Gasteiger partial charge in [0.1, 0.15) is 5.75 Å². The molecule has 0 bridgehead atoms. The van der Waals surface area contributed by atoms with Crippen molar-refractivity contribution in [1.29, 1.82) is 0 Å². The molecular formula is C14H12Cl2N2O2S. The van der Waals surface area contributed by atoms with E-state index in [1.165, 1.54) is 11.3 Å². The number of carbonyl (C=O) groups is 1. The van der Waals surface area contributed by atoms with Crippen LogP contribution in [0.5, 0.6) is 5.75 Å². The minimum Gasteiger partial charge on any atom is -0.479 e. The Hall–Kier alpha value is -1.56. The fourth-order valence-corrected chi connectivity index (χ4v) is 2.47. The molecule has 0 radical (unpaired) electrons. The van der Waals surface area contributed by atoms with Gasteiger partial charge in [0.2, 0.25) is 0 Å². The van der Waals surface area contributed by atoms with Gasteiger partial charge in [0.15, 0.2) is 6.10 Å². The van der Waals surface area contributed by atoms with Crippen LogP contribution in [-0.2, 0) is 4.79 Å². The number of thiophene rings is 1. The maximum atomic E-state index is 11.8. The summed E-state index contributed by atoms with van der Waals surface area (Å²) in [5.74, 6) is 0.0276. The predicted molar refractivity (Wildman–Crippen MR) is 86.6 cm³/mol. The first-order valence-electron chi connectivity index (χ1n) is 6.04. The summed E-state index contributed by atoms with van der Waals surface area (Å²) < 4.78 is 5.48. The van der Waals surface area contributed by atoms with Gasteiger partial charge in [-0.25, -0.2) is 5.43 Å². The van der Waals surface area contributed by atoms with Crippen LogP contribution < -0.4 is 10.2 Å². The lowest BCUT2D eigenvalue weighted by atomic mass is 10.3. The van der Waals surface area contributed by atoms with Crippen molar-refractivity contribution in [3.63, 3.8) is 0 Å². The van der Waals surface area contributed by atoms with E-state index in [1.807, 2.05) is 17.5 Å². The number of hydrogen-bond acceptors (Lipinski definition) is 4. The highest BCUT2D eigenvalue weighted by Crippen LogP contribution is 2.28. The highest BCUT2D eigenvalue weighted by atomic mass is 35.5. The molecule has 1 unspecified atom stereocenters. The van der Waals surface area contributed by atoms with Crippen molar-refractivity contribution in [3.05, 3.63) is 50.6 Å². The molecule has 0 saturated heterocycles. The van der Waals surface area contributed by atoms with Gasteiger partial charge in [0, 0.05) is 9.90 Å². The van der Waals surface area contributed by atoms with Crippen molar-refractivity contribution in [2.75, 3.05) is 0 Å². The van der Waals surface area contributed by atoms with Gasteiger partial charge in [0.25, 0.3) is 5.91 Å². The normalized spacial score (nSPS) is 12.3. The molecule has 0 aliphatic rings. The topological polar surface area (TPSA) is 50.7 Å². The van der Waals surface area contributed by atoms with Gasteiger partial charge in [-0.1, -0.05) is 29.3 Å². The molecule has 0 fully saturated rings. The molecule has 21 heavy (non-hydrogen) atoms. The second kappa shape index (κ2) is 7.45. The van der Waals surface area contributed by atoms with Crippen LogP contribution in [0.25, 0.3) is 0 Å². The lowest BCUT2D eigenvalue weighted by molar-refractivity contribution is -0.127. The second-order valence-electron chi connectivity index (χ2n) is 4.08. The molecule has 1 aromatic carbocycles. The maximum absolute atomic E-state index is 11.8. The van der Waals surface area contributed by atoms with E-state index in [4.69, 9.17) is 27.9 Å². The lowest BCUT2D eigenvalue weighted by Gasteiger charge is -2.14. The molecule has 1 N–H and O–H groups in total. The number of benzene rings is 1. The first-order chi connectivity index (χ1) is 10.1. The molecule has 1 amide bonds. The number of nitrogens with one attached hydrogen (secondary N) is 1. The van der Waals surface area contributed by atoms with Gasteiger partial charge in [-0.15, -0.1) is 11.3 Å². The van der Waals surface area contributed by atoms with Crippen molar-refractivity contribution < 1.29 is 9.53 Å². The Kier molecular flexibility index (Phi) is 5.61. The van der Waals surface area contributed by atoms with Crippen LogP contribution >= 0.6 is 34.5 Å². The highest BCUT2D eigenvalue weighted by Gasteiger charge is 2.15. The van der Waals surface area contributed by atoms with Crippen molar-refractivity contribution in [1.82, 2.24) is 5.43 Å². The van der Waals surface area contributed by atoms with Crippen molar-refractivity contribution in [3.8, 4) is 5.75 Å². The predicted octanol–water partition coefficient (Wildman–Crippen LogP) is 3.97. The summed E-state index contributed by atoms with van der Waals surface area (Å²) in [5, 5.41) is 6.65. The van der Waals surface area contributed by atoms with Crippen molar-refractivity contribution in [2.24, 2.45) is 5.10 Å². The largest absolute Gasteiger partial charge is 0.479 e. The standard InChI is InChI=1S/C14H12Cl2N2O2S/c1-9(20-13-5-4-10(15)7-12(13)16)14(19)18-17-8-11-3-2-6-21-11/h2-9H,1H3,(H,18,19)/b17-8+. The fourth-order valence-electron chi connectivity index (χ4n) is 1.43. The summed E-state index contributed by atoms with van der Waals surface area (Å²) in [6, 6.07) is 8.61. The summed E-state index contributed by atoms with van der Waals surface area (Å²) in [4.78, 5) is 12.8.